The van der Waals surface area contributed by atoms with Crippen LogP contribution in [-0.2, 0) is 16.0 Å². The van der Waals surface area contributed by atoms with E-state index in [9.17, 15) is 14.7 Å². The van der Waals surface area contributed by atoms with Crippen LogP contribution in [0.4, 0.5) is 0 Å². The molecule has 0 aliphatic carbocycles. The van der Waals surface area contributed by atoms with Gasteiger partial charge in [0.05, 0.1) is 31.9 Å². The molecule has 3 aromatic rings. The van der Waals surface area contributed by atoms with E-state index in [0.29, 0.717) is 60.5 Å². The lowest BCUT2D eigenvalue weighted by Gasteiger charge is -2.26. The molecule has 1 aliphatic heterocycles. The minimum Gasteiger partial charge on any atom is -0.507 e. The van der Waals surface area contributed by atoms with Gasteiger partial charge in [-0.05, 0) is 60.6 Å². The Bertz CT molecular complexity index is 1380. The number of aliphatic hydroxyl groups excluding tert-OH is 1. The molecule has 1 aliphatic rings. The summed E-state index contributed by atoms with van der Waals surface area (Å²) in [6, 6.07) is 21.3. The third-order valence-corrected chi connectivity index (χ3v) is 7.06. The van der Waals surface area contributed by atoms with Crippen LogP contribution in [0.3, 0.4) is 0 Å². The molecular formula is C34H39NO6. The fourth-order valence-corrected chi connectivity index (χ4v) is 4.84. The highest BCUT2D eigenvalue weighted by molar-refractivity contribution is 6.46. The van der Waals surface area contributed by atoms with Gasteiger partial charge in [0, 0.05) is 12.1 Å². The van der Waals surface area contributed by atoms with E-state index >= 15 is 0 Å². The third-order valence-electron chi connectivity index (χ3n) is 7.06. The van der Waals surface area contributed by atoms with Crippen LogP contribution in [0, 0.1) is 5.92 Å². The summed E-state index contributed by atoms with van der Waals surface area (Å²) in [6.45, 7) is 7.64. The summed E-state index contributed by atoms with van der Waals surface area (Å²) in [5.41, 5.74) is 2.13. The zero-order chi connectivity index (χ0) is 29.4. The van der Waals surface area contributed by atoms with E-state index in [1.165, 1.54) is 4.90 Å². The Labute approximate surface area is 242 Å². The first-order valence-electron chi connectivity index (χ1n) is 14.2. The van der Waals surface area contributed by atoms with Gasteiger partial charge in [-0.1, -0.05) is 69.3 Å². The van der Waals surface area contributed by atoms with Crippen LogP contribution < -0.4 is 14.2 Å². The normalized spacial score (nSPS) is 16.3. The van der Waals surface area contributed by atoms with E-state index in [4.69, 9.17) is 14.2 Å². The highest BCUT2D eigenvalue weighted by Gasteiger charge is 2.46. The molecule has 0 aromatic heterocycles. The van der Waals surface area contributed by atoms with Crippen molar-refractivity contribution >= 4 is 17.4 Å². The molecule has 1 saturated heterocycles. The predicted octanol–water partition coefficient (Wildman–Crippen LogP) is 6.57. The molecule has 0 spiro atoms. The minimum atomic E-state index is -0.808. The first-order valence-corrected chi connectivity index (χ1v) is 14.2. The molecule has 1 N–H and O–H groups in total. The van der Waals surface area contributed by atoms with E-state index in [1.807, 2.05) is 43.3 Å². The van der Waals surface area contributed by atoms with Crippen molar-refractivity contribution in [1.29, 1.82) is 0 Å². The highest BCUT2D eigenvalue weighted by atomic mass is 16.5. The van der Waals surface area contributed by atoms with Crippen LogP contribution in [0.25, 0.3) is 5.76 Å². The Hall–Kier alpha value is -4.26. The maximum Gasteiger partial charge on any atom is 0.295 e. The quantitative estimate of drug-likeness (QED) is 0.145. The van der Waals surface area contributed by atoms with Crippen LogP contribution in [0.15, 0.2) is 78.4 Å². The van der Waals surface area contributed by atoms with Crippen molar-refractivity contribution in [2.75, 3.05) is 26.9 Å². The Balaban J connectivity index is 1.76. The number of likely N-dealkylation sites (tertiary alicyclic amines) is 1. The molecule has 7 nitrogen and oxygen atoms in total. The molecule has 7 heteroatoms. The summed E-state index contributed by atoms with van der Waals surface area (Å²) in [5, 5.41) is 11.5. The second-order valence-corrected chi connectivity index (χ2v) is 10.5. The highest BCUT2D eigenvalue weighted by Crippen LogP contribution is 2.42. The molecule has 0 bridgehead atoms. The number of hydrogen-bond donors (Lipinski definition) is 1. The third kappa shape index (κ3) is 7.09. The van der Waals surface area contributed by atoms with Crippen molar-refractivity contribution in [3.8, 4) is 17.2 Å². The molecule has 0 saturated carbocycles. The maximum atomic E-state index is 13.5. The second kappa shape index (κ2) is 13.9. The van der Waals surface area contributed by atoms with Gasteiger partial charge in [-0.25, -0.2) is 0 Å². The number of Topliss-reactive ketones (excluding diaryl/α,β-unsaturated/α-hetero) is 1. The van der Waals surface area contributed by atoms with Crippen LogP contribution in [-0.4, -0.2) is 48.6 Å². The molecule has 3 aromatic carbocycles. The molecule has 0 radical (unpaired) electrons. The van der Waals surface area contributed by atoms with Crippen LogP contribution in [0.1, 0.15) is 56.3 Å². The van der Waals surface area contributed by atoms with Crippen molar-refractivity contribution in [2.24, 2.45) is 5.92 Å². The molecule has 4 rings (SSSR count). The van der Waals surface area contributed by atoms with Crippen molar-refractivity contribution < 1.29 is 28.9 Å². The molecule has 216 valence electrons. The van der Waals surface area contributed by atoms with E-state index in [2.05, 4.69) is 13.8 Å². The van der Waals surface area contributed by atoms with Crippen LogP contribution >= 0.6 is 0 Å². The average molecular weight is 558 g/mol. The first-order chi connectivity index (χ1) is 19.8. The molecule has 1 unspecified atom stereocenters. The number of rotatable bonds is 13. The SMILES string of the molecule is CCCOc1cccc(/C(O)=C2\C(=O)C(=O)N(CCc3ccccc3)C2c2ccc(OCCC(C)C)c(OC)c2)c1. The topological polar surface area (TPSA) is 85.3 Å². The van der Waals surface area contributed by atoms with E-state index in [0.717, 1.165) is 18.4 Å². The Morgan fingerprint density at radius 1 is 0.927 bits per heavy atom. The molecule has 1 atom stereocenters. The molecule has 1 amide bonds. The van der Waals surface area contributed by atoms with Crippen LogP contribution in [0.2, 0.25) is 0 Å². The van der Waals surface area contributed by atoms with Crippen molar-refractivity contribution in [2.45, 2.75) is 46.1 Å². The number of carbonyl (C=O) groups excluding carboxylic acids is 2. The van der Waals surface area contributed by atoms with Crippen molar-refractivity contribution in [3.05, 3.63) is 95.1 Å². The minimum absolute atomic E-state index is 0.0335. The summed E-state index contributed by atoms with van der Waals surface area (Å²) in [5.74, 6) is 0.534. The number of ketones is 1. The van der Waals surface area contributed by atoms with E-state index in [1.54, 1.807) is 43.5 Å². The molecular weight excluding hydrogens is 518 g/mol. The van der Waals surface area contributed by atoms with Gasteiger partial charge in [-0.3, -0.25) is 9.59 Å². The van der Waals surface area contributed by atoms with Gasteiger partial charge < -0.3 is 24.2 Å². The van der Waals surface area contributed by atoms with Gasteiger partial charge in [-0.15, -0.1) is 0 Å². The number of carbonyl (C=O) groups is 2. The van der Waals surface area contributed by atoms with Gasteiger partial charge in [0.15, 0.2) is 11.5 Å². The average Bonchev–Trinajstić information content (AvgIpc) is 3.24. The summed E-state index contributed by atoms with van der Waals surface area (Å²) < 4.78 is 17.4. The summed E-state index contributed by atoms with van der Waals surface area (Å²) in [6.07, 6.45) is 2.28. The zero-order valence-corrected chi connectivity index (χ0v) is 24.3. The van der Waals surface area contributed by atoms with E-state index < -0.39 is 17.7 Å². The fraction of sp³-hybridized carbons (Fsp3) is 0.353. The van der Waals surface area contributed by atoms with Gasteiger partial charge >= 0.3 is 0 Å². The predicted molar refractivity (Wildman–Crippen MR) is 159 cm³/mol. The van der Waals surface area contributed by atoms with Gasteiger partial charge in [-0.2, -0.15) is 0 Å². The van der Waals surface area contributed by atoms with Crippen molar-refractivity contribution in [3.63, 3.8) is 0 Å². The lowest BCUT2D eigenvalue weighted by Crippen LogP contribution is -2.31. The number of amides is 1. The van der Waals surface area contributed by atoms with Gasteiger partial charge in [0.25, 0.3) is 11.7 Å². The lowest BCUT2D eigenvalue weighted by atomic mass is 9.94. The Morgan fingerprint density at radius 3 is 2.41 bits per heavy atom. The summed E-state index contributed by atoms with van der Waals surface area (Å²) in [4.78, 5) is 28.5. The monoisotopic (exact) mass is 557 g/mol. The fourth-order valence-electron chi connectivity index (χ4n) is 4.84. The molecule has 1 fully saturated rings. The maximum absolute atomic E-state index is 13.5. The summed E-state index contributed by atoms with van der Waals surface area (Å²) in [7, 11) is 1.56. The lowest BCUT2D eigenvalue weighted by molar-refractivity contribution is -0.139. The standard InChI is InChI=1S/C34H39NO6/c1-5-19-40-27-13-9-12-26(21-27)32(36)30-31(25-14-15-28(29(22-25)39-4)41-20-17-23(2)3)35(34(38)33(30)37)18-16-24-10-7-6-8-11-24/h6-15,21-23,31,36H,5,16-20H2,1-4H3/b32-30+. The molecule has 1 heterocycles. The number of aliphatic hydroxyl groups is 1. The van der Waals surface area contributed by atoms with Gasteiger partial charge in [0.2, 0.25) is 0 Å². The number of methoxy groups -OCH3 is 1. The second-order valence-electron chi connectivity index (χ2n) is 10.5. The molecule has 41 heavy (non-hydrogen) atoms. The number of ether oxygens (including phenoxy) is 3. The number of nitrogens with zero attached hydrogens (tertiary/aromatic N) is 1. The first kappa shape index (κ1) is 29.7. The van der Waals surface area contributed by atoms with Crippen molar-refractivity contribution in [1.82, 2.24) is 4.90 Å². The largest absolute Gasteiger partial charge is 0.507 e. The Kier molecular flexibility index (Phi) is 10.1. The van der Waals surface area contributed by atoms with Gasteiger partial charge in [0.1, 0.15) is 11.5 Å². The Morgan fingerprint density at radius 2 is 1.71 bits per heavy atom. The number of hydrogen-bond acceptors (Lipinski definition) is 6. The van der Waals surface area contributed by atoms with E-state index in [-0.39, 0.29) is 11.3 Å². The summed E-state index contributed by atoms with van der Waals surface area (Å²) >= 11 is 0. The zero-order valence-electron chi connectivity index (χ0n) is 24.3. The van der Waals surface area contributed by atoms with Crippen LogP contribution in [0.5, 0.6) is 17.2 Å². The number of benzene rings is 3. The smallest absolute Gasteiger partial charge is 0.295 e.